The Morgan fingerprint density at radius 3 is 2.74 bits per heavy atom. The molecule has 0 spiro atoms. The molecule has 4 heteroatoms. The Hall–Kier alpha value is -1.10. The van der Waals surface area contributed by atoms with Gasteiger partial charge in [-0.3, -0.25) is 4.90 Å². The third kappa shape index (κ3) is 4.82. The van der Waals surface area contributed by atoms with Gasteiger partial charge in [-0.2, -0.15) is 0 Å². The highest BCUT2D eigenvalue weighted by atomic mass is 16.3. The monoisotopic (exact) mass is 264 g/mol. The summed E-state index contributed by atoms with van der Waals surface area (Å²) in [6.07, 6.45) is 3.27. The Morgan fingerprint density at radius 1 is 1.21 bits per heavy atom. The zero-order valence-electron chi connectivity index (χ0n) is 11.4. The van der Waals surface area contributed by atoms with Gasteiger partial charge in [-0.05, 0) is 43.6 Å². The molecule has 19 heavy (non-hydrogen) atoms. The van der Waals surface area contributed by atoms with Crippen LogP contribution in [0.1, 0.15) is 24.8 Å². The highest BCUT2D eigenvalue weighted by molar-refractivity contribution is 5.45. The van der Waals surface area contributed by atoms with E-state index in [0.717, 1.165) is 12.2 Å². The number of nitrogens with zero attached hydrogens (tertiary/aromatic N) is 1. The summed E-state index contributed by atoms with van der Waals surface area (Å²) < 4.78 is 0. The number of aliphatic hydroxyl groups excluding tert-OH is 2. The van der Waals surface area contributed by atoms with Gasteiger partial charge in [0.05, 0.1) is 12.7 Å². The van der Waals surface area contributed by atoms with Crippen LogP contribution in [-0.4, -0.2) is 47.5 Å². The maximum Gasteiger partial charge on any atom is 0.0942 e. The summed E-state index contributed by atoms with van der Waals surface area (Å²) in [7, 11) is 0. The first kappa shape index (κ1) is 14.3. The Morgan fingerprint density at radius 2 is 2.00 bits per heavy atom. The van der Waals surface area contributed by atoms with Crippen LogP contribution in [-0.2, 0) is 6.54 Å². The highest BCUT2D eigenvalue weighted by Gasteiger charge is 2.10. The van der Waals surface area contributed by atoms with Gasteiger partial charge >= 0.3 is 0 Å². The molecule has 0 saturated carbocycles. The summed E-state index contributed by atoms with van der Waals surface area (Å²) in [6.45, 7) is 3.56. The van der Waals surface area contributed by atoms with Crippen molar-refractivity contribution in [2.24, 2.45) is 0 Å². The molecular formula is C15H24N2O2. The molecule has 1 atom stereocenters. The van der Waals surface area contributed by atoms with Gasteiger partial charge in [-0.25, -0.2) is 0 Å². The van der Waals surface area contributed by atoms with E-state index in [2.05, 4.69) is 22.3 Å². The lowest BCUT2D eigenvalue weighted by molar-refractivity contribution is 0.105. The number of aliphatic hydroxyl groups is 2. The van der Waals surface area contributed by atoms with Crippen LogP contribution in [0.25, 0.3) is 0 Å². The van der Waals surface area contributed by atoms with Crippen molar-refractivity contribution in [3.8, 4) is 0 Å². The second-order valence-corrected chi connectivity index (χ2v) is 5.25. The Balaban J connectivity index is 1.87. The second-order valence-electron chi connectivity index (χ2n) is 5.25. The smallest absolute Gasteiger partial charge is 0.0942 e. The van der Waals surface area contributed by atoms with Crippen LogP contribution in [0.2, 0.25) is 0 Å². The summed E-state index contributed by atoms with van der Waals surface area (Å²) in [5.41, 5.74) is 2.30. The Bertz CT molecular complexity index is 378. The molecule has 0 radical (unpaired) electrons. The summed E-state index contributed by atoms with van der Waals surface area (Å²) >= 11 is 0. The molecule has 0 aliphatic carbocycles. The average Bonchev–Trinajstić information content (AvgIpc) is 2.46. The number of anilines is 1. The molecule has 1 aliphatic rings. The minimum Gasteiger partial charge on any atom is -0.394 e. The summed E-state index contributed by atoms with van der Waals surface area (Å²) in [5.74, 6) is 0. The van der Waals surface area contributed by atoms with Crippen molar-refractivity contribution in [3.05, 3.63) is 29.8 Å². The number of hydrogen-bond acceptors (Lipinski definition) is 4. The van der Waals surface area contributed by atoms with Crippen molar-refractivity contribution in [1.29, 1.82) is 0 Å². The van der Waals surface area contributed by atoms with E-state index >= 15 is 0 Å². The van der Waals surface area contributed by atoms with Gasteiger partial charge < -0.3 is 15.5 Å². The lowest BCUT2D eigenvalue weighted by Crippen LogP contribution is -2.29. The van der Waals surface area contributed by atoms with Crippen LogP contribution >= 0.6 is 0 Å². The second kappa shape index (κ2) is 7.48. The van der Waals surface area contributed by atoms with E-state index in [1.807, 2.05) is 12.1 Å². The van der Waals surface area contributed by atoms with E-state index in [1.54, 1.807) is 0 Å². The fourth-order valence-electron chi connectivity index (χ4n) is 2.46. The van der Waals surface area contributed by atoms with Gasteiger partial charge in [0.2, 0.25) is 0 Å². The first-order chi connectivity index (χ1) is 9.28. The first-order valence-corrected chi connectivity index (χ1v) is 7.12. The third-order valence-electron chi connectivity index (χ3n) is 3.53. The Kier molecular flexibility index (Phi) is 5.63. The maximum absolute atomic E-state index is 9.33. The lowest BCUT2D eigenvalue weighted by atomic mass is 10.1. The van der Waals surface area contributed by atoms with Crippen LogP contribution in [0.5, 0.6) is 0 Å². The zero-order valence-corrected chi connectivity index (χ0v) is 11.4. The van der Waals surface area contributed by atoms with Crippen molar-refractivity contribution in [2.75, 3.05) is 31.6 Å². The van der Waals surface area contributed by atoms with Gasteiger partial charge in [-0.15, -0.1) is 0 Å². The van der Waals surface area contributed by atoms with E-state index in [4.69, 9.17) is 5.11 Å². The van der Waals surface area contributed by atoms with Gasteiger partial charge in [-0.1, -0.05) is 18.6 Å². The van der Waals surface area contributed by atoms with Crippen molar-refractivity contribution in [1.82, 2.24) is 4.90 Å². The topological polar surface area (TPSA) is 55.7 Å². The molecule has 0 amide bonds. The van der Waals surface area contributed by atoms with Gasteiger partial charge in [0, 0.05) is 18.8 Å². The number of rotatable bonds is 6. The maximum atomic E-state index is 9.33. The number of hydrogen-bond donors (Lipinski definition) is 3. The zero-order chi connectivity index (χ0) is 13.5. The lowest BCUT2D eigenvalue weighted by Gasteiger charge is -2.26. The summed E-state index contributed by atoms with van der Waals surface area (Å²) in [4.78, 5) is 2.49. The van der Waals surface area contributed by atoms with E-state index in [9.17, 15) is 5.11 Å². The number of benzene rings is 1. The highest BCUT2D eigenvalue weighted by Crippen LogP contribution is 2.16. The van der Waals surface area contributed by atoms with Crippen molar-refractivity contribution in [3.63, 3.8) is 0 Å². The first-order valence-electron chi connectivity index (χ1n) is 7.12. The third-order valence-corrected chi connectivity index (χ3v) is 3.53. The average molecular weight is 264 g/mol. The van der Waals surface area contributed by atoms with Crippen LogP contribution in [0.3, 0.4) is 0 Å². The van der Waals surface area contributed by atoms with E-state index in [1.165, 1.54) is 37.9 Å². The number of nitrogens with one attached hydrogen (secondary N) is 1. The molecule has 0 bridgehead atoms. The normalized spacial score (nSPS) is 18.2. The SMILES string of the molecule is OCC(O)CNc1cccc(CN2CCCCC2)c1. The number of piperidine rings is 1. The molecule has 3 N–H and O–H groups in total. The van der Waals surface area contributed by atoms with Gasteiger partial charge in [0.1, 0.15) is 0 Å². The van der Waals surface area contributed by atoms with E-state index in [-0.39, 0.29) is 6.61 Å². The predicted octanol–water partition coefficient (Wildman–Crippen LogP) is 1.44. The fraction of sp³-hybridized carbons (Fsp3) is 0.600. The van der Waals surface area contributed by atoms with Crippen LogP contribution < -0.4 is 5.32 Å². The molecule has 1 aromatic rings. The quantitative estimate of drug-likeness (QED) is 0.728. The molecule has 1 heterocycles. The molecule has 1 aliphatic heterocycles. The van der Waals surface area contributed by atoms with Crippen molar-refractivity contribution in [2.45, 2.75) is 31.9 Å². The largest absolute Gasteiger partial charge is 0.394 e. The van der Waals surface area contributed by atoms with E-state index in [0.29, 0.717) is 6.54 Å². The molecule has 1 unspecified atom stereocenters. The summed E-state index contributed by atoms with van der Waals surface area (Å²) in [6, 6.07) is 8.29. The molecule has 1 aromatic carbocycles. The van der Waals surface area contributed by atoms with Gasteiger partial charge in [0.25, 0.3) is 0 Å². The number of likely N-dealkylation sites (tertiary alicyclic amines) is 1. The van der Waals surface area contributed by atoms with E-state index < -0.39 is 6.10 Å². The minimum atomic E-state index is -0.703. The molecule has 106 valence electrons. The molecule has 2 rings (SSSR count). The molecule has 0 aromatic heterocycles. The van der Waals surface area contributed by atoms with Crippen LogP contribution in [0, 0.1) is 0 Å². The minimum absolute atomic E-state index is 0.208. The Labute approximate surface area is 115 Å². The van der Waals surface area contributed by atoms with Crippen LogP contribution in [0.4, 0.5) is 5.69 Å². The summed E-state index contributed by atoms with van der Waals surface area (Å²) in [5, 5.41) is 21.3. The van der Waals surface area contributed by atoms with Gasteiger partial charge in [0.15, 0.2) is 0 Å². The predicted molar refractivity (Wildman–Crippen MR) is 77.2 cm³/mol. The molecular weight excluding hydrogens is 240 g/mol. The van der Waals surface area contributed by atoms with Crippen LogP contribution in [0.15, 0.2) is 24.3 Å². The standard InChI is InChI=1S/C15H24N2O2/c18-12-15(19)10-16-14-6-4-5-13(9-14)11-17-7-2-1-3-8-17/h4-6,9,15-16,18-19H,1-3,7-8,10-12H2. The fourth-order valence-corrected chi connectivity index (χ4v) is 2.46. The molecule has 1 fully saturated rings. The molecule has 1 saturated heterocycles. The van der Waals surface area contributed by atoms with Crippen molar-refractivity contribution >= 4 is 5.69 Å². The van der Waals surface area contributed by atoms with Crippen molar-refractivity contribution < 1.29 is 10.2 Å². The molecule has 4 nitrogen and oxygen atoms in total.